The minimum Gasteiger partial charge on any atom is -0.481 e. The maximum absolute atomic E-state index is 10.3. The smallest absolute Gasteiger partial charge is 0.303 e. The van der Waals surface area contributed by atoms with Crippen LogP contribution in [-0.4, -0.2) is 11.1 Å². The third-order valence-electron chi connectivity index (χ3n) is 3.32. The Morgan fingerprint density at radius 2 is 1.94 bits per heavy atom. The summed E-state index contributed by atoms with van der Waals surface area (Å²) in [5.74, 6) is 0.167. The molecular formula is C14H24O2. The summed E-state index contributed by atoms with van der Waals surface area (Å²) in [6.45, 7) is 0. The minimum absolute atomic E-state index is 0.339. The summed E-state index contributed by atoms with van der Waals surface area (Å²) in [5.41, 5.74) is 0. The van der Waals surface area contributed by atoms with Crippen molar-refractivity contribution in [1.82, 2.24) is 0 Å². The van der Waals surface area contributed by atoms with Crippen molar-refractivity contribution in [3.05, 3.63) is 12.2 Å². The number of carboxylic acid groups (broad SMARTS) is 1. The van der Waals surface area contributed by atoms with Gasteiger partial charge in [-0.05, 0) is 38.0 Å². The largest absolute Gasteiger partial charge is 0.481 e. The van der Waals surface area contributed by atoms with E-state index in [9.17, 15) is 4.79 Å². The number of unbranched alkanes of at least 4 members (excludes halogenated alkanes) is 4. The van der Waals surface area contributed by atoms with Crippen molar-refractivity contribution in [3.8, 4) is 0 Å². The molecule has 0 aromatic rings. The highest BCUT2D eigenvalue weighted by molar-refractivity contribution is 5.66. The molecule has 0 saturated carbocycles. The summed E-state index contributed by atoms with van der Waals surface area (Å²) >= 11 is 0. The summed E-state index contributed by atoms with van der Waals surface area (Å²) < 4.78 is 0. The molecule has 0 fully saturated rings. The second kappa shape index (κ2) is 8.37. The van der Waals surface area contributed by atoms with Crippen LogP contribution in [-0.2, 0) is 4.79 Å². The summed E-state index contributed by atoms with van der Waals surface area (Å²) in [4.78, 5) is 10.3. The fraction of sp³-hybridized carbons (Fsp3) is 0.786. The molecule has 1 atom stereocenters. The molecule has 0 aliphatic heterocycles. The van der Waals surface area contributed by atoms with E-state index in [2.05, 4.69) is 12.2 Å². The van der Waals surface area contributed by atoms with E-state index in [4.69, 9.17) is 5.11 Å². The van der Waals surface area contributed by atoms with Crippen LogP contribution in [0, 0.1) is 5.92 Å². The molecular weight excluding hydrogens is 200 g/mol. The molecule has 0 saturated heterocycles. The Morgan fingerprint density at radius 1 is 1.19 bits per heavy atom. The number of carbonyl (C=O) groups is 1. The second-order valence-electron chi connectivity index (χ2n) is 4.82. The van der Waals surface area contributed by atoms with Crippen LogP contribution in [0.1, 0.15) is 64.2 Å². The Morgan fingerprint density at radius 3 is 2.62 bits per heavy atom. The highest BCUT2D eigenvalue weighted by Gasteiger charge is 2.07. The van der Waals surface area contributed by atoms with Gasteiger partial charge in [-0.15, -0.1) is 0 Å². The van der Waals surface area contributed by atoms with Crippen LogP contribution in [0.3, 0.4) is 0 Å². The Balaban J connectivity index is 1.86. The number of hydrogen-bond donors (Lipinski definition) is 1. The standard InChI is InChI=1S/C14H24O2/c15-14(16)12-8-3-1-2-5-9-13-10-6-4-7-11-13/h6,10,13H,1-5,7-9,11-12H2,(H,15,16). The van der Waals surface area contributed by atoms with E-state index in [-0.39, 0.29) is 0 Å². The summed E-state index contributed by atoms with van der Waals surface area (Å²) in [7, 11) is 0. The molecule has 0 radical (unpaired) electrons. The first-order valence-corrected chi connectivity index (χ1v) is 6.67. The zero-order chi connectivity index (χ0) is 11.6. The monoisotopic (exact) mass is 224 g/mol. The molecule has 2 heteroatoms. The molecule has 92 valence electrons. The fourth-order valence-corrected chi connectivity index (χ4v) is 2.34. The van der Waals surface area contributed by atoms with E-state index < -0.39 is 5.97 Å². The lowest BCUT2D eigenvalue weighted by molar-refractivity contribution is -0.137. The van der Waals surface area contributed by atoms with E-state index in [1.54, 1.807) is 0 Å². The zero-order valence-electron chi connectivity index (χ0n) is 10.2. The third-order valence-corrected chi connectivity index (χ3v) is 3.32. The molecule has 0 bridgehead atoms. The quantitative estimate of drug-likeness (QED) is 0.496. The predicted octanol–water partition coefficient (Wildman–Crippen LogP) is 4.16. The third kappa shape index (κ3) is 6.65. The first-order valence-electron chi connectivity index (χ1n) is 6.67. The zero-order valence-corrected chi connectivity index (χ0v) is 10.2. The van der Waals surface area contributed by atoms with E-state index in [1.165, 1.54) is 44.9 Å². The van der Waals surface area contributed by atoms with Crippen molar-refractivity contribution in [1.29, 1.82) is 0 Å². The van der Waals surface area contributed by atoms with Crippen molar-refractivity contribution in [2.45, 2.75) is 64.2 Å². The maximum atomic E-state index is 10.3. The average molecular weight is 224 g/mol. The van der Waals surface area contributed by atoms with Crippen LogP contribution in [0.25, 0.3) is 0 Å². The normalized spacial score (nSPS) is 19.9. The van der Waals surface area contributed by atoms with Crippen molar-refractivity contribution in [2.24, 2.45) is 5.92 Å². The van der Waals surface area contributed by atoms with Gasteiger partial charge in [-0.25, -0.2) is 0 Å². The summed E-state index contributed by atoms with van der Waals surface area (Å²) in [6, 6.07) is 0. The van der Waals surface area contributed by atoms with Gasteiger partial charge in [0.15, 0.2) is 0 Å². The molecule has 1 rings (SSSR count). The van der Waals surface area contributed by atoms with Gasteiger partial charge in [-0.2, -0.15) is 0 Å². The number of hydrogen-bond acceptors (Lipinski definition) is 1. The SMILES string of the molecule is O=C(O)CCCCCCCC1C=CCCC1. The van der Waals surface area contributed by atoms with Crippen LogP contribution < -0.4 is 0 Å². The Kier molecular flexibility index (Phi) is 6.95. The number of carboxylic acids is 1. The molecule has 0 aromatic heterocycles. The highest BCUT2D eigenvalue weighted by atomic mass is 16.4. The topological polar surface area (TPSA) is 37.3 Å². The molecule has 2 nitrogen and oxygen atoms in total. The van der Waals surface area contributed by atoms with Gasteiger partial charge in [0.1, 0.15) is 0 Å². The van der Waals surface area contributed by atoms with Crippen molar-refractivity contribution < 1.29 is 9.90 Å². The van der Waals surface area contributed by atoms with Crippen LogP contribution >= 0.6 is 0 Å². The van der Waals surface area contributed by atoms with Gasteiger partial charge in [-0.1, -0.05) is 37.8 Å². The Labute approximate surface area is 98.7 Å². The molecule has 16 heavy (non-hydrogen) atoms. The molecule has 1 aliphatic carbocycles. The number of aliphatic carboxylic acids is 1. The van der Waals surface area contributed by atoms with Gasteiger partial charge in [0.05, 0.1) is 0 Å². The van der Waals surface area contributed by atoms with Gasteiger partial charge in [0.2, 0.25) is 0 Å². The highest BCUT2D eigenvalue weighted by Crippen LogP contribution is 2.22. The lowest BCUT2D eigenvalue weighted by Crippen LogP contribution is -2.00. The van der Waals surface area contributed by atoms with Crippen molar-refractivity contribution >= 4 is 5.97 Å². The van der Waals surface area contributed by atoms with Gasteiger partial charge in [-0.3, -0.25) is 4.79 Å². The molecule has 0 amide bonds. The molecule has 1 aliphatic rings. The van der Waals surface area contributed by atoms with Gasteiger partial charge >= 0.3 is 5.97 Å². The molecule has 0 spiro atoms. The van der Waals surface area contributed by atoms with Gasteiger partial charge < -0.3 is 5.11 Å². The first-order chi connectivity index (χ1) is 7.79. The van der Waals surface area contributed by atoms with Crippen LogP contribution in [0.15, 0.2) is 12.2 Å². The lowest BCUT2D eigenvalue weighted by Gasteiger charge is -2.15. The van der Waals surface area contributed by atoms with E-state index in [0.717, 1.165) is 18.8 Å². The number of allylic oxidation sites excluding steroid dienone is 2. The van der Waals surface area contributed by atoms with Gasteiger partial charge in [0, 0.05) is 6.42 Å². The van der Waals surface area contributed by atoms with Gasteiger partial charge in [0.25, 0.3) is 0 Å². The Bertz CT molecular complexity index is 221. The fourth-order valence-electron chi connectivity index (χ4n) is 2.34. The maximum Gasteiger partial charge on any atom is 0.303 e. The second-order valence-corrected chi connectivity index (χ2v) is 4.82. The molecule has 0 aromatic carbocycles. The molecule has 0 heterocycles. The van der Waals surface area contributed by atoms with Crippen LogP contribution in [0.4, 0.5) is 0 Å². The molecule has 1 N–H and O–H groups in total. The first kappa shape index (κ1) is 13.3. The van der Waals surface area contributed by atoms with Crippen LogP contribution in [0.5, 0.6) is 0 Å². The van der Waals surface area contributed by atoms with E-state index in [0.29, 0.717) is 6.42 Å². The van der Waals surface area contributed by atoms with E-state index >= 15 is 0 Å². The predicted molar refractivity (Wildman–Crippen MR) is 66.4 cm³/mol. The van der Waals surface area contributed by atoms with E-state index in [1.807, 2.05) is 0 Å². The van der Waals surface area contributed by atoms with Crippen molar-refractivity contribution in [2.75, 3.05) is 0 Å². The minimum atomic E-state index is -0.660. The summed E-state index contributed by atoms with van der Waals surface area (Å²) in [6.07, 6.45) is 16.1. The average Bonchev–Trinajstić information content (AvgIpc) is 2.29. The lowest BCUT2D eigenvalue weighted by atomic mass is 9.91. The molecule has 1 unspecified atom stereocenters. The summed E-state index contributed by atoms with van der Waals surface area (Å²) in [5, 5.41) is 8.48. The van der Waals surface area contributed by atoms with Crippen LogP contribution in [0.2, 0.25) is 0 Å². The van der Waals surface area contributed by atoms with Crippen molar-refractivity contribution in [3.63, 3.8) is 0 Å². The number of rotatable bonds is 8. The Hall–Kier alpha value is -0.790.